The van der Waals surface area contributed by atoms with Crippen molar-refractivity contribution in [2.75, 3.05) is 7.11 Å². The smallest absolute Gasteiger partial charge is 0.328 e. The van der Waals surface area contributed by atoms with E-state index in [0.29, 0.717) is 21.3 Å². The van der Waals surface area contributed by atoms with Gasteiger partial charge in [-0.05, 0) is 12.5 Å². The van der Waals surface area contributed by atoms with E-state index < -0.39 is 22.5 Å². The Balaban J connectivity index is 2.21. The second-order valence-corrected chi connectivity index (χ2v) is 6.15. The molecular formula is C16H13N3O5S. The van der Waals surface area contributed by atoms with Gasteiger partial charge in [0, 0.05) is 23.1 Å². The fourth-order valence-electron chi connectivity index (χ4n) is 2.51. The van der Waals surface area contributed by atoms with Gasteiger partial charge in [0.25, 0.3) is 11.2 Å². The van der Waals surface area contributed by atoms with E-state index in [2.05, 4.69) is 9.72 Å². The summed E-state index contributed by atoms with van der Waals surface area (Å²) in [5, 5.41) is 13.0. The average Bonchev–Trinajstić information content (AvgIpc) is 3.06. The van der Waals surface area contributed by atoms with Crippen molar-refractivity contribution < 1.29 is 14.5 Å². The minimum atomic E-state index is -0.827. The first-order chi connectivity index (χ1) is 11.9. The third-order valence-corrected chi connectivity index (χ3v) is 4.73. The van der Waals surface area contributed by atoms with E-state index in [1.54, 1.807) is 24.4 Å². The van der Waals surface area contributed by atoms with Gasteiger partial charge in [0.15, 0.2) is 0 Å². The van der Waals surface area contributed by atoms with Gasteiger partial charge in [-0.1, -0.05) is 12.1 Å². The molecule has 0 saturated carbocycles. The molecule has 2 heterocycles. The van der Waals surface area contributed by atoms with Crippen LogP contribution >= 0.6 is 11.3 Å². The van der Waals surface area contributed by atoms with Gasteiger partial charge in [-0.15, -0.1) is 11.3 Å². The minimum Gasteiger partial charge on any atom is -0.467 e. The summed E-state index contributed by atoms with van der Waals surface area (Å²) in [6.07, 6.45) is 1.31. The molecule has 3 rings (SSSR count). The Morgan fingerprint density at radius 2 is 2.20 bits per heavy atom. The molecule has 2 aromatic heterocycles. The van der Waals surface area contributed by atoms with Gasteiger partial charge in [0.05, 0.1) is 23.7 Å². The number of nitro groups is 1. The number of aromatic nitrogens is 2. The largest absolute Gasteiger partial charge is 0.467 e. The lowest BCUT2D eigenvalue weighted by Crippen LogP contribution is -2.29. The van der Waals surface area contributed by atoms with E-state index in [1.807, 2.05) is 0 Å². The standard InChI is InChI=1S/C16H13N3O5S/c1-9(16(21)24-2)18-8-17-14-13(15(18)20)12(7-25-14)10-4-3-5-11(6-10)19(22)23/h3-9H,1-2H3/t9-/m1/s1. The van der Waals surface area contributed by atoms with E-state index >= 15 is 0 Å². The van der Waals surface area contributed by atoms with Crippen LogP contribution in [0, 0.1) is 10.1 Å². The van der Waals surface area contributed by atoms with Gasteiger partial charge in [-0.2, -0.15) is 0 Å². The monoisotopic (exact) mass is 359 g/mol. The first-order valence-corrected chi connectivity index (χ1v) is 8.13. The number of carbonyl (C=O) groups is 1. The number of rotatable bonds is 4. The van der Waals surface area contributed by atoms with Crippen molar-refractivity contribution in [1.82, 2.24) is 9.55 Å². The first kappa shape index (κ1) is 16.8. The number of nitro benzene ring substituents is 1. The molecule has 3 aromatic rings. The zero-order valence-corrected chi connectivity index (χ0v) is 14.1. The number of ether oxygens (including phenoxy) is 1. The number of esters is 1. The predicted molar refractivity (Wildman–Crippen MR) is 92.7 cm³/mol. The lowest BCUT2D eigenvalue weighted by Gasteiger charge is -2.12. The summed E-state index contributed by atoms with van der Waals surface area (Å²) < 4.78 is 5.87. The Hall–Kier alpha value is -3.07. The van der Waals surface area contributed by atoms with E-state index in [4.69, 9.17) is 0 Å². The topological polar surface area (TPSA) is 104 Å². The number of hydrogen-bond donors (Lipinski definition) is 0. The van der Waals surface area contributed by atoms with Crippen LogP contribution in [0.4, 0.5) is 5.69 Å². The lowest BCUT2D eigenvalue weighted by atomic mass is 10.1. The lowest BCUT2D eigenvalue weighted by molar-refractivity contribution is -0.384. The number of hydrogen-bond acceptors (Lipinski definition) is 7. The quantitative estimate of drug-likeness (QED) is 0.403. The maximum absolute atomic E-state index is 12.9. The van der Waals surface area contributed by atoms with Crippen LogP contribution in [0.25, 0.3) is 21.3 Å². The molecule has 0 unspecified atom stereocenters. The fourth-order valence-corrected chi connectivity index (χ4v) is 3.41. The van der Waals surface area contributed by atoms with Crippen LogP contribution in [0.5, 0.6) is 0 Å². The van der Waals surface area contributed by atoms with Crippen molar-refractivity contribution in [2.45, 2.75) is 13.0 Å². The molecule has 0 saturated heterocycles. The molecule has 0 aliphatic heterocycles. The van der Waals surface area contributed by atoms with Gasteiger partial charge < -0.3 is 4.74 Å². The number of non-ortho nitro benzene ring substituents is 1. The maximum atomic E-state index is 12.9. The highest BCUT2D eigenvalue weighted by Gasteiger charge is 2.21. The summed E-state index contributed by atoms with van der Waals surface area (Å²) in [5.41, 5.74) is 0.630. The Bertz CT molecular complexity index is 1040. The van der Waals surface area contributed by atoms with Crippen molar-refractivity contribution in [2.24, 2.45) is 0 Å². The van der Waals surface area contributed by atoms with Gasteiger partial charge in [0.1, 0.15) is 10.9 Å². The minimum absolute atomic E-state index is 0.0657. The van der Waals surface area contributed by atoms with Gasteiger partial charge in [-0.3, -0.25) is 19.5 Å². The third-order valence-electron chi connectivity index (χ3n) is 3.85. The molecule has 0 amide bonds. The van der Waals surface area contributed by atoms with Gasteiger partial charge in [-0.25, -0.2) is 9.78 Å². The number of methoxy groups -OCH3 is 1. The fraction of sp³-hybridized carbons (Fsp3) is 0.188. The third kappa shape index (κ3) is 2.89. The highest BCUT2D eigenvalue weighted by molar-refractivity contribution is 7.17. The normalized spacial score (nSPS) is 12.1. The Labute approximate surface area is 145 Å². The first-order valence-electron chi connectivity index (χ1n) is 7.25. The SMILES string of the molecule is COC(=O)[C@@H](C)n1cnc2scc(-c3cccc([N+](=O)[O-])c3)c2c1=O. The van der Waals surface area contributed by atoms with E-state index in [9.17, 15) is 19.7 Å². The Morgan fingerprint density at radius 3 is 2.88 bits per heavy atom. The summed E-state index contributed by atoms with van der Waals surface area (Å²) in [4.78, 5) is 39.8. The zero-order chi connectivity index (χ0) is 18.1. The molecule has 0 fully saturated rings. The molecule has 0 spiro atoms. The Kier molecular flexibility index (Phi) is 4.32. The van der Waals surface area contributed by atoms with Crippen molar-refractivity contribution >= 4 is 33.2 Å². The summed E-state index contributed by atoms with van der Waals surface area (Å²) in [6.45, 7) is 1.54. The molecule has 128 valence electrons. The number of carbonyl (C=O) groups excluding carboxylic acids is 1. The van der Waals surface area contributed by atoms with Crippen LogP contribution in [-0.4, -0.2) is 27.6 Å². The van der Waals surface area contributed by atoms with Crippen LogP contribution in [0.15, 0.2) is 40.8 Å². The molecule has 25 heavy (non-hydrogen) atoms. The zero-order valence-electron chi connectivity index (χ0n) is 13.3. The molecular weight excluding hydrogens is 346 g/mol. The number of fused-ring (bicyclic) bond motifs is 1. The van der Waals surface area contributed by atoms with Crippen molar-refractivity contribution in [1.29, 1.82) is 0 Å². The van der Waals surface area contributed by atoms with Gasteiger partial charge >= 0.3 is 5.97 Å². The van der Waals surface area contributed by atoms with Crippen molar-refractivity contribution in [3.05, 3.63) is 56.4 Å². The van der Waals surface area contributed by atoms with Crippen LogP contribution < -0.4 is 5.56 Å². The summed E-state index contributed by atoms with van der Waals surface area (Å²) in [7, 11) is 1.24. The molecule has 0 radical (unpaired) electrons. The highest BCUT2D eigenvalue weighted by Crippen LogP contribution is 2.32. The van der Waals surface area contributed by atoms with Crippen molar-refractivity contribution in [3.8, 4) is 11.1 Å². The number of benzene rings is 1. The predicted octanol–water partition coefficient (Wildman–Crippen LogP) is 2.77. The van der Waals surface area contributed by atoms with Crippen LogP contribution in [-0.2, 0) is 9.53 Å². The molecule has 0 aliphatic rings. The van der Waals surface area contributed by atoms with Crippen LogP contribution in [0.1, 0.15) is 13.0 Å². The second kappa shape index (κ2) is 6.44. The molecule has 0 bridgehead atoms. The van der Waals surface area contributed by atoms with E-state index in [0.717, 1.165) is 0 Å². The number of thiophene rings is 1. The Morgan fingerprint density at radius 1 is 1.44 bits per heavy atom. The summed E-state index contributed by atoms with van der Waals surface area (Å²) >= 11 is 1.26. The van der Waals surface area contributed by atoms with E-state index in [1.165, 1.54) is 41.5 Å². The highest BCUT2D eigenvalue weighted by atomic mass is 32.1. The van der Waals surface area contributed by atoms with Crippen LogP contribution in [0.3, 0.4) is 0 Å². The number of nitrogens with zero attached hydrogens (tertiary/aromatic N) is 3. The van der Waals surface area contributed by atoms with Crippen LogP contribution in [0.2, 0.25) is 0 Å². The average molecular weight is 359 g/mol. The second-order valence-electron chi connectivity index (χ2n) is 5.29. The summed E-state index contributed by atoms with van der Waals surface area (Å²) in [6, 6.07) is 5.21. The molecule has 1 atom stereocenters. The van der Waals surface area contributed by atoms with Crippen molar-refractivity contribution in [3.63, 3.8) is 0 Å². The van der Waals surface area contributed by atoms with E-state index in [-0.39, 0.29) is 5.69 Å². The maximum Gasteiger partial charge on any atom is 0.328 e. The molecule has 0 N–H and O–H groups in total. The molecule has 1 aromatic carbocycles. The molecule has 8 nitrogen and oxygen atoms in total. The molecule has 9 heteroatoms. The van der Waals surface area contributed by atoms with Gasteiger partial charge in [0.2, 0.25) is 0 Å². The summed E-state index contributed by atoms with van der Waals surface area (Å²) in [5.74, 6) is -0.560. The molecule has 0 aliphatic carbocycles.